The van der Waals surface area contributed by atoms with Crippen LogP contribution in [0, 0.1) is 5.82 Å². The average molecular weight is 380 g/mol. The molecule has 2 aromatic carbocycles. The fourth-order valence-corrected chi connectivity index (χ4v) is 3.82. The summed E-state index contributed by atoms with van der Waals surface area (Å²) in [6, 6.07) is 8.76. The lowest BCUT2D eigenvalue weighted by Crippen LogP contribution is -2.14. The van der Waals surface area contributed by atoms with E-state index in [1.54, 1.807) is 6.07 Å². The summed E-state index contributed by atoms with van der Waals surface area (Å²) in [6.45, 7) is 0. The van der Waals surface area contributed by atoms with Gasteiger partial charge in [0, 0.05) is 6.26 Å². The molecule has 6 nitrogen and oxygen atoms in total. The summed E-state index contributed by atoms with van der Waals surface area (Å²) in [7, 11) is -2.02. The fourth-order valence-electron chi connectivity index (χ4n) is 2.20. The fraction of sp³-hybridized carbons (Fsp3) is 0.125. The van der Waals surface area contributed by atoms with Gasteiger partial charge in [-0.1, -0.05) is 17.4 Å². The lowest BCUT2D eigenvalue weighted by Gasteiger charge is -2.06. The molecular formula is C16H13FN2O4S2. The molecule has 130 valence electrons. The van der Waals surface area contributed by atoms with E-state index in [0.29, 0.717) is 10.2 Å². The molecule has 0 radical (unpaired) electrons. The first kappa shape index (κ1) is 17.3. The molecule has 1 amide bonds. The normalized spacial score (nSPS) is 11.5. The minimum absolute atomic E-state index is 0.0326. The SMILES string of the molecule is COc1cccc(C(=O)Nc2nc3ccc(S(C)(=O)=O)cc3s2)c1F. The van der Waals surface area contributed by atoms with Crippen molar-refractivity contribution in [1.82, 2.24) is 4.98 Å². The molecule has 0 atom stereocenters. The standard InChI is InChI=1S/C16H13FN2O4S2/c1-23-12-5-3-4-10(14(12)17)15(20)19-16-18-11-7-6-9(25(2,21)22)8-13(11)24-16/h3-8H,1-2H3,(H,18,19,20). The van der Waals surface area contributed by atoms with Gasteiger partial charge in [0.25, 0.3) is 5.91 Å². The first-order valence-electron chi connectivity index (χ1n) is 7.04. The Labute approximate surface area is 147 Å². The molecule has 0 spiro atoms. The number of hydrogen-bond donors (Lipinski definition) is 1. The minimum atomic E-state index is -3.34. The Morgan fingerprint density at radius 1 is 1.28 bits per heavy atom. The zero-order valence-corrected chi connectivity index (χ0v) is 14.9. The number of methoxy groups -OCH3 is 1. The molecule has 0 bridgehead atoms. The summed E-state index contributed by atoms with van der Waals surface area (Å²) in [4.78, 5) is 16.6. The van der Waals surface area contributed by atoms with Crippen LogP contribution in [0.15, 0.2) is 41.3 Å². The number of sulfone groups is 1. The molecule has 1 N–H and O–H groups in total. The third kappa shape index (κ3) is 3.47. The van der Waals surface area contributed by atoms with E-state index in [2.05, 4.69) is 10.3 Å². The largest absolute Gasteiger partial charge is 0.494 e. The quantitative estimate of drug-likeness (QED) is 0.752. The van der Waals surface area contributed by atoms with Gasteiger partial charge in [-0.05, 0) is 30.3 Å². The molecule has 0 fully saturated rings. The van der Waals surface area contributed by atoms with Crippen molar-refractivity contribution >= 4 is 42.4 Å². The van der Waals surface area contributed by atoms with Crippen molar-refractivity contribution in [3.8, 4) is 5.75 Å². The van der Waals surface area contributed by atoms with Gasteiger partial charge < -0.3 is 4.74 Å². The van der Waals surface area contributed by atoms with E-state index >= 15 is 0 Å². The van der Waals surface area contributed by atoms with Crippen LogP contribution >= 0.6 is 11.3 Å². The van der Waals surface area contributed by atoms with E-state index in [0.717, 1.165) is 17.6 Å². The second-order valence-corrected chi connectivity index (χ2v) is 8.24. The van der Waals surface area contributed by atoms with Crippen molar-refractivity contribution in [3.63, 3.8) is 0 Å². The molecule has 25 heavy (non-hydrogen) atoms. The third-order valence-corrected chi connectivity index (χ3v) is 5.48. The van der Waals surface area contributed by atoms with Crippen LogP contribution in [-0.2, 0) is 9.84 Å². The van der Waals surface area contributed by atoms with Gasteiger partial charge in [-0.15, -0.1) is 0 Å². The molecular weight excluding hydrogens is 367 g/mol. The zero-order valence-electron chi connectivity index (χ0n) is 13.2. The number of rotatable bonds is 4. The maximum Gasteiger partial charge on any atom is 0.260 e. The number of ether oxygens (including phenoxy) is 1. The van der Waals surface area contributed by atoms with Crippen LogP contribution in [0.1, 0.15) is 10.4 Å². The van der Waals surface area contributed by atoms with E-state index in [1.165, 1.54) is 37.4 Å². The summed E-state index contributed by atoms with van der Waals surface area (Å²) in [5, 5.41) is 2.76. The van der Waals surface area contributed by atoms with E-state index < -0.39 is 21.6 Å². The highest BCUT2D eigenvalue weighted by molar-refractivity contribution is 7.90. The lowest BCUT2D eigenvalue weighted by molar-refractivity contribution is 0.102. The molecule has 0 saturated heterocycles. The van der Waals surface area contributed by atoms with Crippen LogP contribution in [-0.4, -0.2) is 32.7 Å². The summed E-state index contributed by atoms with van der Waals surface area (Å²) < 4.78 is 42.8. The number of nitrogens with zero attached hydrogens (tertiary/aromatic N) is 1. The highest BCUT2D eigenvalue weighted by atomic mass is 32.2. The van der Waals surface area contributed by atoms with Gasteiger partial charge in [-0.2, -0.15) is 0 Å². The number of fused-ring (bicyclic) bond motifs is 1. The Morgan fingerprint density at radius 3 is 2.72 bits per heavy atom. The predicted octanol–water partition coefficient (Wildman–Crippen LogP) is 3.10. The zero-order chi connectivity index (χ0) is 18.2. The molecule has 0 saturated carbocycles. The average Bonchev–Trinajstić information content (AvgIpc) is 2.95. The van der Waals surface area contributed by atoms with E-state index in [9.17, 15) is 17.6 Å². The molecule has 0 aliphatic rings. The number of anilines is 1. The van der Waals surface area contributed by atoms with Crippen molar-refractivity contribution in [2.45, 2.75) is 4.90 Å². The van der Waals surface area contributed by atoms with Gasteiger partial charge >= 0.3 is 0 Å². The second-order valence-electron chi connectivity index (χ2n) is 5.20. The van der Waals surface area contributed by atoms with E-state index in [1.807, 2.05) is 0 Å². The third-order valence-electron chi connectivity index (χ3n) is 3.44. The van der Waals surface area contributed by atoms with Gasteiger partial charge in [0.2, 0.25) is 0 Å². The number of carbonyl (C=O) groups is 1. The number of carbonyl (C=O) groups excluding carboxylic acids is 1. The summed E-state index contributed by atoms with van der Waals surface area (Å²) >= 11 is 1.11. The number of nitrogens with one attached hydrogen (secondary N) is 1. The first-order valence-corrected chi connectivity index (χ1v) is 9.75. The van der Waals surface area contributed by atoms with Crippen molar-refractivity contribution in [1.29, 1.82) is 0 Å². The van der Waals surface area contributed by atoms with Crippen LogP contribution < -0.4 is 10.1 Å². The Bertz CT molecular complexity index is 1080. The van der Waals surface area contributed by atoms with Crippen LogP contribution in [0.5, 0.6) is 5.75 Å². The topological polar surface area (TPSA) is 85.4 Å². The Hall–Kier alpha value is -2.52. The van der Waals surface area contributed by atoms with Gasteiger partial charge in [0.1, 0.15) is 0 Å². The summed E-state index contributed by atoms with van der Waals surface area (Å²) in [5.41, 5.74) is 0.370. The number of hydrogen-bond acceptors (Lipinski definition) is 6. The first-order chi connectivity index (χ1) is 11.8. The maximum absolute atomic E-state index is 14.1. The molecule has 9 heteroatoms. The van der Waals surface area contributed by atoms with Crippen LogP contribution in [0.25, 0.3) is 10.2 Å². The maximum atomic E-state index is 14.1. The smallest absolute Gasteiger partial charge is 0.260 e. The van der Waals surface area contributed by atoms with Gasteiger partial charge in [-0.3, -0.25) is 10.1 Å². The van der Waals surface area contributed by atoms with Crippen LogP contribution in [0.4, 0.5) is 9.52 Å². The van der Waals surface area contributed by atoms with Gasteiger partial charge in [0.05, 0.1) is 27.8 Å². The highest BCUT2D eigenvalue weighted by Crippen LogP contribution is 2.29. The number of thiazole rings is 1. The van der Waals surface area contributed by atoms with Gasteiger partial charge in [-0.25, -0.2) is 17.8 Å². The monoisotopic (exact) mass is 380 g/mol. The molecule has 3 aromatic rings. The lowest BCUT2D eigenvalue weighted by atomic mass is 10.2. The molecule has 3 rings (SSSR count). The molecule has 1 heterocycles. The summed E-state index contributed by atoms with van der Waals surface area (Å²) in [6.07, 6.45) is 1.11. The van der Waals surface area contributed by atoms with E-state index in [4.69, 9.17) is 4.74 Å². The van der Waals surface area contributed by atoms with Crippen LogP contribution in [0.2, 0.25) is 0 Å². The van der Waals surface area contributed by atoms with Crippen molar-refractivity contribution in [3.05, 3.63) is 47.8 Å². The molecule has 0 unspecified atom stereocenters. The summed E-state index contributed by atoms with van der Waals surface area (Å²) in [5.74, 6) is -1.46. The highest BCUT2D eigenvalue weighted by Gasteiger charge is 2.17. The van der Waals surface area contributed by atoms with Crippen molar-refractivity contribution < 1.29 is 22.3 Å². The van der Waals surface area contributed by atoms with Gasteiger partial charge in [0.15, 0.2) is 26.5 Å². The molecule has 0 aliphatic carbocycles. The Morgan fingerprint density at radius 2 is 2.04 bits per heavy atom. The number of aromatic nitrogens is 1. The van der Waals surface area contributed by atoms with Crippen molar-refractivity contribution in [2.75, 3.05) is 18.7 Å². The molecule has 0 aliphatic heterocycles. The van der Waals surface area contributed by atoms with Crippen LogP contribution in [0.3, 0.4) is 0 Å². The Kier molecular flexibility index (Phi) is 4.44. The van der Waals surface area contributed by atoms with Crippen molar-refractivity contribution in [2.24, 2.45) is 0 Å². The Balaban J connectivity index is 1.92. The number of amides is 1. The second kappa shape index (κ2) is 6.41. The number of halogens is 1. The minimum Gasteiger partial charge on any atom is -0.494 e. The predicted molar refractivity (Wildman–Crippen MR) is 93.6 cm³/mol. The van der Waals surface area contributed by atoms with E-state index in [-0.39, 0.29) is 21.3 Å². The molecule has 1 aromatic heterocycles. The number of benzene rings is 2.